The Labute approximate surface area is 127 Å². The zero-order valence-electron chi connectivity index (χ0n) is 13.3. The summed E-state index contributed by atoms with van der Waals surface area (Å²) in [4.78, 5) is 2.62. The van der Waals surface area contributed by atoms with Crippen LogP contribution >= 0.6 is 11.3 Å². The van der Waals surface area contributed by atoms with E-state index in [9.17, 15) is 0 Å². The molecule has 0 saturated carbocycles. The molecule has 2 heterocycles. The van der Waals surface area contributed by atoms with Gasteiger partial charge < -0.3 is 10.2 Å². The molecule has 1 N–H and O–H groups in total. The van der Waals surface area contributed by atoms with Crippen molar-refractivity contribution in [3.63, 3.8) is 0 Å². The van der Waals surface area contributed by atoms with Crippen LogP contribution in [0, 0.1) is 0 Å². The summed E-state index contributed by atoms with van der Waals surface area (Å²) in [7, 11) is 0. The Morgan fingerprint density at radius 1 is 1.30 bits per heavy atom. The van der Waals surface area contributed by atoms with Gasteiger partial charge in [0.05, 0.1) is 0 Å². The molecule has 1 aliphatic rings. The number of nitrogens with one attached hydrogen (secondary N) is 1. The van der Waals surface area contributed by atoms with Gasteiger partial charge in [0.2, 0.25) is 5.13 Å². The number of hydrogen-bond acceptors (Lipinski definition) is 5. The average molecular weight is 296 g/mol. The van der Waals surface area contributed by atoms with Crippen LogP contribution < -0.4 is 5.32 Å². The first-order valence-corrected chi connectivity index (χ1v) is 8.60. The molecule has 5 heteroatoms. The lowest BCUT2D eigenvalue weighted by Crippen LogP contribution is -2.38. The fourth-order valence-electron chi connectivity index (χ4n) is 2.57. The molecule has 0 amide bonds. The summed E-state index contributed by atoms with van der Waals surface area (Å²) in [6.07, 6.45) is 5.30. The summed E-state index contributed by atoms with van der Waals surface area (Å²) in [6, 6.07) is 0.762. The molecule has 4 nitrogen and oxygen atoms in total. The van der Waals surface area contributed by atoms with Gasteiger partial charge in [-0.25, -0.2) is 0 Å². The van der Waals surface area contributed by atoms with Gasteiger partial charge in [0.15, 0.2) is 0 Å². The largest absolute Gasteiger partial charge is 0.360 e. The number of hydrogen-bond donors (Lipinski definition) is 1. The molecule has 1 fully saturated rings. The van der Waals surface area contributed by atoms with E-state index in [-0.39, 0.29) is 5.41 Å². The van der Waals surface area contributed by atoms with E-state index in [1.54, 1.807) is 11.3 Å². The van der Waals surface area contributed by atoms with E-state index < -0.39 is 0 Å². The Morgan fingerprint density at radius 2 is 2.10 bits per heavy atom. The molecule has 0 aliphatic carbocycles. The van der Waals surface area contributed by atoms with E-state index in [4.69, 9.17) is 0 Å². The third-order valence-electron chi connectivity index (χ3n) is 3.91. The van der Waals surface area contributed by atoms with Gasteiger partial charge in [-0.2, -0.15) is 0 Å². The van der Waals surface area contributed by atoms with E-state index >= 15 is 0 Å². The highest BCUT2D eigenvalue weighted by Crippen LogP contribution is 2.27. The zero-order valence-corrected chi connectivity index (χ0v) is 14.1. The summed E-state index contributed by atoms with van der Waals surface area (Å²) in [5.74, 6) is 0. The smallest absolute Gasteiger partial charge is 0.205 e. The Balaban J connectivity index is 1.69. The van der Waals surface area contributed by atoms with Gasteiger partial charge in [-0.1, -0.05) is 38.5 Å². The number of nitrogens with zero attached hydrogens (tertiary/aromatic N) is 3. The Morgan fingerprint density at radius 3 is 2.75 bits per heavy atom. The van der Waals surface area contributed by atoms with Crippen LogP contribution in [0.3, 0.4) is 0 Å². The molecule has 1 aromatic rings. The van der Waals surface area contributed by atoms with Crippen LogP contribution in [0.1, 0.15) is 58.4 Å². The Bertz CT molecular complexity index is 410. The van der Waals surface area contributed by atoms with Crippen LogP contribution in [0.2, 0.25) is 0 Å². The zero-order chi connectivity index (χ0) is 14.6. The molecule has 1 aliphatic heterocycles. The molecule has 20 heavy (non-hydrogen) atoms. The standard InChI is InChI=1S/C15H28N4S/c1-12-8-5-6-10-19(12)11-7-9-16-14-18-17-13(20-14)15(2,3)4/h12H,5-11H2,1-4H3,(H,16,18). The first kappa shape index (κ1) is 15.7. The molecule has 0 spiro atoms. The summed E-state index contributed by atoms with van der Waals surface area (Å²) in [6.45, 7) is 12.3. The van der Waals surface area contributed by atoms with Gasteiger partial charge in [0, 0.05) is 24.5 Å². The van der Waals surface area contributed by atoms with Gasteiger partial charge in [-0.15, -0.1) is 10.2 Å². The van der Waals surface area contributed by atoms with Crippen molar-refractivity contribution >= 4 is 16.5 Å². The van der Waals surface area contributed by atoms with Crippen molar-refractivity contribution in [3.8, 4) is 0 Å². The van der Waals surface area contributed by atoms with E-state index in [1.165, 1.54) is 38.8 Å². The SMILES string of the molecule is CC1CCCCN1CCCNc1nnc(C(C)(C)C)s1. The van der Waals surface area contributed by atoms with E-state index in [2.05, 4.69) is 48.1 Å². The van der Waals surface area contributed by atoms with E-state index in [0.29, 0.717) is 0 Å². The number of aromatic nitrogens is 2. The van der Waals surface area contributed by atoms with Crippen molar-refractivity contribution < 1.29 is 0 Å². The van der Waals surface area contributed by atoms with E-state index in [1.807, 2.05) is 0 Å². The second-order valence-electron chi connectivity index (χ2n) is 6.82. The minimum atomic E-state index is 0.0980. The number of rotatable bonds is 5. The van der Waals surface area contributed by atoms with Crippen LogP contribution in [0.5, 0.6) is 0 Å². The monoisotopic (exact) mass is 296 g/mol. The van der Waals surface area contributed by atoms with Gasteiger partial charge in [0.1, 0.15) is 5.01 Å². The third-order valence-corrected chi connectivity index (χ3v) is 5.21. The molecular formula is C15H28N4S. The predicted octanol–water partition coefficient (Wildman–Crippen LogP) is 3.51. The molecule has 114 valence electrons. The third kappa shape index (κ3) is 4.42. The molecule has 0 bridgehead atoms. The van der Waals surface area contributed by atoms with Crippen LogP contribution in [0.4, 0.5) is 5.13 Å². The normalized spacial score (nSPS) is 21.1. The quantitative estimate of drug-likeness (QED) is 0.844. The molecule has 1 unspecified atom stereocenters. The number of piperidine rings is 1. The molecule has 1 aromatic heterocycles. The maximum Gasteiger partial charge on any atom is 0.205 e. The highest BCUT2D eigenvalue weighted by molar-refractivity contribution is 7.15. The van der Waals surface area contributed by atoms with Crippen molar-refractivity contribution in [2.75, 3.05) is 25.0 Å². The fraction of sp³-hybridized carbons (Fsp3) is 0.867. The van der Waals surface area contributed by atoms with Crippen LogP contribution in [-0.4, -0.2) is 40.8 Å². The Hall–Kier alpha value is -0.680. The molecule has 2 rings (SSSR count). The number of anilines is 1. The second-order valence-corrected chi connectivity index (χ2v) is 7.80. The minimum absolute atomic E-state index is 0.0980. The number of likely N-dealkylation sites (tertiary alicyclic amines) is 1. The van der Waals surface area contributed by atoms with E-state index in [0.717, 1.165) is 22.7 Å². The topological polar surface area (TPSA) is 41.0 Å². The highest BCUT2D eigenvalue weighted by Gasteiger charge is 2.19. The summed E-state index contributed by atoms with van der Waals surface area (Å²) >= 11 is 1.68. The van der Waals surface area contributed by atoms with Crippen molar-refractivity contribution in [3.05, 3.63) is 5.01 Å². The van der Waals surface area contributed by atoms with Crippen molar-refractivity contribution in [2.45, 2.75) is 64.8 Å². The fourth-order valence-corrected chi connectivity index (χ4v) is 3.39. The van der Waals surface area contributed by atoms with Crippen molar-refractivity contribution in [1.29, 1.82) is 0 Å². The van der Waals surface area contributed by atoms with Crippen LogP contribution in [-0.2, 0) is 5.41 Å². The Kier molecular flexibility index (Phi) is 5.38. The predicted molar refractivity (Wildman–Crippen MR) is 86.6 cm³/mol. The molecule has 1 saturated heterocycles. The minimum Gasteiger partial charge on any atom is -0.360 e. The molecule has 0 radical (unpaired) electrons. The van der Waals surface area contributed by atoms with Crippen molar-refractivity contribution in [2.24, 2.45) is 0 Å². The first-order chi connectivity index (χ1) is 9.47. The van der Waals surface area contributed by atoms with Gasteiger partial charge >= 0.3 is 0 Å². The first-order valence-electron chi connectivity index (χ1n) is 7.79. The lowest BCUT2D eigenvalue weighted by atomic mass is 9.98. The lowest BCUT2D eigenvalue weighted by Gasteiger charge is -2.33. The maximum atomic E-state index is 4.26. The van der Waals surface area contributed by atoms with Gasteiger partial charge in [-0.05, 0) is 32.7 Å². The molecule has 0 aromatic carbocycles. The second kappa shape index (κ2) is 6.85. The van der Waals surface area contributed by atoms with Crippen LogP contribution in [0.15, 0.2) is 0 Å². The maximum absolute atomic E-state index is 4.26. The summed E-state index contributed by atoms with van der Waals surface area (Å²) in [5.41, 5.74) is 0.0980. The summed E-state index contributed by atoms with van der Waals surface area (Å²) in [5, 5.41) is 14.0. The average Bonchev–Trinajstić information content (AvgIpc) is 2.85. The van der Waals surface area contributed by atoms with Gasteiger partial charge in [-0.3, -0.25) is 0 Å². The summed E-state index contributed by atoms with van der Waals surface area (Å²) < 4.78 is 0. The molecular weight excluding hydrogens is 268 g/mol. The molecule has 1 atom stereocenters. The van der Waals surface area contributed by atoms with Crippen molar-refractivity contribution in [1.82, 2.24) is 15.1 Å². The lowest BCUT2D eigenvalue weighted by molar-refractivity contribution is 0.160. The highest BCUT2D eigenvalue weighted by atomic mass is 32.1. The van der Waals surface area contributed by atoms with Crippen LogP contribution in [0.25, 0.3) is 0 Å². The van der Waals surface area contributed by atoms with Gasteiger partial charge in [0.25, 0.3) is 0 Å².